The van der Waals surface area contributed by atoms with Gasteiger partial charge in [-0.25, -0.2) is 8.42 Å². The van der Waals surface area contributed by atoms with Crippen LogP contribution in [0.15, 0.2) is 24.3 Å². The minimum Gasteiger partial charge on any atom is -0.301 e. The fourth-order valence-corrected chi connectivity index (χ4v) is 4.27. The van der Waals surface area contributed by atoms with E-state index in [9.17, 15) is 8.42 Å². The maximum atomic E-state index is 12.5. The number of hydrogen-bond donors (Lipinski definition) is 0. The van der Waals surface area contributed by atoms with Crippen molar-refractivity contribution in [3.05, 3.63) is 35.4 Å². The van der Waals surface area contributed by atoms with Crippen molar-refractivity contribution in [1.29, 1.82) is 0 Å². The van der Waals surface area contributed by atoms with Crippen LogP contribution in [0.25, 0.3) is 0 Å². The molecule has 0 aromatic heterocycles. The van der Waals surface area contributed by atoms with Gasteiger partial charge in [-0.05, 0) is 24.1 Å². The van der Waals surface area contributed by atoms with E-state index >= 15 is 0 Å². The second-order valence-electron chi connectivity index (χ2n) is 5.45. The molecule has 0 atom stereocenters. The lowest BCUT2D eigenvalue weighted by Crippen LogP contribution is -2.48. The van der Waals surface area contributed by atoms with E-state index in [1.165, 1.54) is 0 Å². The number of benzene rings is 1. The highest BCUT2D eigenvalue weighted by molar-refractivity contribution is 7.88. The van der Waals surface area contributed by atoms with Crippen LogP contribution in [0.2, 0.25) is 0 Å². The molecule has 0 aliphatic carbocycles. The van der Waals surface area contributed by atoms with Gasteiger partial charge in [0.15, 0.2) is 0 Å². The van der Waals surface area contributed by atoms with Crippen molar-refractivity contribution >= 4 is 21.6 Å². The van der Waals surface area contributed by atoms with Gasteiger partial charge < -0.3 is 4.90 Å². The van der Waals surface area contributed by atoms with Gasteiger partial charge in [-0.2, -0.15) is 4.31 Å². The Bertz CT molecular complexity index is 537. The molecule has 0 saturated carbocycles. The van der Waals surface area contributed by atoms with Crippen LogP contribution in [0, 0.1) is 0 Å². The van der Waals surface area contributed by atoms with E-state index in [1.807, 2.05) is 24.3 Å². The third kappa shape index (κ3) is 4.68. The van der Waals surface area contributed by atoms with Gasteiger partial charge in [-0.15, -0.1) is 11.6 Å². The summed E-state index contributed by atoms with van der Waals surface area (Å²) in [6.45, 7) is 6.06. The number of rotatable bonds is 6. The van der Waals surface area contributed by atoms with Crippen LogP contribution in [0.3, 0.4) is 0 Å². The summed E-state index contributed by atoms with van der Waals surface area (Å²) in [4.78, 5) is 2.32. The summed E-state index contributed by atoms with van der Waals surface area (Å²) >= 11 is 5.74. The Kier molecular flexibility index (Phi) is 6.05. The fraction of sp³-hybridized carbons (Fsp3) is 0.600. The SMILES string of the molecule is CCCN1CCN(S(=O)(=O)Cc2ccc(CCl)cc2)CC1. The van der Waals surface area contributed by atoms with Crippen LogP contribution in [0.5, 0.6) is 0 Å². The Morgan fingerprint density at radius 3 is 2.14 bits per heavy atom. The number of sulfonamides is 1. The quantitative estimate of drug-likeness (QED) is 0.751. The lowest BCUT2D eigenvalue weighted by Gasteiger charge is -2.33. The molecule has 1 aromatic rings. The molecular weight excluding hydrogens is 308 g/mol. The van der Waals surface area contributed by atoms with Gasteiger partial charge in [0.05, 0.1) is 5.75 Å². The van der Waals surface area contributed by atoms with Gasteiger partial charge in [0, 0.05) is 32.1 Å². The van der Waals surface area contributed by atoms with Crippen molar-refractivity contribution < 1.29 is 8.42 Å². The summed E-state index contributed by atoms with van der Waals surface area (Å²) in [6.07, 6.45) is 1.11. The molecular formula is C15H23ClN2O2S. The van der Waals surface area contributed by atoms with Crippen LogP contribution < -0.4 is 0 Å². The van der Waals surface area contributed by atoms with Gasteiger partial charge >= 0.3 is 0 Å². The topological polar surface area (TPSA) is 40.6 Å². The molecule has 0 spiro atoms. The van der Waals surface area contributed by atoms with E-state index in [-0.39, 0.29) is 5.75 Å². The minimum atomic E-state index is -3.22. The Labute approximate surface area is 132 Å². The zero-order valence-electron chi connectivity index (χ0n) is 12.5. The molecule has 0 bridgehead atoms. The lowest BCUT2D eigenvalue weighted by atomic mass is 10.2. The van der Waals surface area contributed by atoms with Crippen molar-refractivity contribution in [3.8, 4) is 0 Å². The van der Waals surface area contributed by atoms with Crippen molar-refractivity contribution in [2.75, 3.05) is 32.7 Å². The van der Waals surface area contributed by atoms with Crippen molar-refractivity contribution in [2.24, 2.45) is 0 Å². The highest BCUT2D eigenvalue weighted by Crippen LogP contribution is 2.15. The predicted molar refractivity (Wildman–Crippen MR) is 86.9 cm³/mol. The van der Waals surface area contributed by atoms with Crippen LogP contribution >= 0.6 is 11.6 Å². The van der Waals surface area contributed by atoms with E-state index in [1.54, 1.807) is 4.31 Å². The van der Waals surface area contributed by atoms with Crippen molar-refractivity contribution in [3.63, 3.8) is 0 Å². The van der Waals surface area contributed by atoms with E-state index in [2.05, 4.69) is 11.8 Å². The van der Waals surface area contributed by atoms with E-state index in [0.717, 1.165) is 37.2 Å². The van der Waals surface area contributed by atoms with Gasteiger partial charge in [-0.3, -0.25) is 0 Å². The molecule has 0 radical (unpaired) electrons. The fourth-order valence-electron chi connectivity index (χ4n) is 2.57. The first kappa shape index (κ1) is 16.7. The smallest absolute Gasteiger partial charge is 0.218 e. The predicted octanol–water partition coefficient (Wildman–Crippen LogP) is 2.28. The molecule has 2 rings (SSSR count). The van der Waals surface area contributed by atoms with Crippen LogP contribution in [0.4, 0.5) is 0 Å². The molecule has 0 unspecified atom stereocenters. The zero-order chi connectivity index (χ0) is 15.3. The summed E-state index contributed by atoms with van der Waals surface area (Å²) in [5, 5.41) is 0. The van der Waals surface area contributed by atoms with Crippen LogP contribution in [-0.2, 0) is 21.7 Å². The van der Waals surface area contributed by atoms with Gasteiger partial charge in [-0.1, -0.05) is 31.2 Å². The molecule has 21 heavy (non-hydrogen) atoms. The molecule has 0 N–H and O–H groups in total. The second-order valence-corrected chi connectivity index (χ2v) is 7.68. The van der Waals surface area contributed by atoms with E-state index in [4.69, 9.17) is 11.6 Å². The Morgan fingerprint density at radius 2 is 1.62 bits per heavy atom. The standard InChI is InChI=1S/C15H23ClN2O2S/c1-2-7-17-8-10-18(11-9-17)21(19,20)13-15-5-3-14(12-16)4-6-15/h3-6H,2,7-13H2,1H3. The Morgan fingerprint density at radius 1 is 1.05 bits per heavy atom. The number of hydrogen-bond acceptors (Lipinski definition) is 3. The van der Waals surface area contributed by atoms with Gasteiger partial charge in [0.1, 0.15) is 0 Å². The molecule has 6 heteroatoms. The highest BCUT2D eigenvalue weighted by Gasteiger charge is 2.26. The van der Waals surface area contributed by atoms with Gasteiger partial charge in [0.25, 0.3) is 0 Å². The summed E-state index contributed by atoms with van der Waals surface area (Å²) in [5.41, 5.74) is 1.82. The molecule has 1 fully saturated rings. The second kappa shape index (κ2) is 7.58. The molecule has 0 amide bonds. The van der Waals surface area contributed by atoms with Crippen molar-refractivity contribution in [1.82, 2.24) is 9.21 Å². The van der Waals surface area contributed by atoms with Crippen LogP contribution in [-0.4, -0.2) is 50.3 Å². The molecule has 1 aliphatic heterocycles. The first-order chi connectivity index (χ1) is 10.0. The highest BCUT2D eigenvalue weighted by atomic mass is 35.5. The molecule has 1 aliphatic rings. The maximum Gasteiger partial charge on any atom is 0.218 e. The molecule has 1 heterocycles. The summed E-state index contributed by atoms with van der Waals surface area (Å²) < 4.78 is 26.5. The zero-order valence-corrected chi connectivity index (χ0v) is 14.0. The lowest BCUT2D eigenvalue weighted by molar-refractivity contribution is 0.188. The largest absolute Gasteiger partial charge is 0.301 e. The maximum absolute atomic E-state index is 12.5. The molecule has 4 nitrogen and oxygen atoms in total. The third-order valence-electron chi connectivity index (χ3n) is 3.79. The summed E-state index contributed by atoms with van der Waals surface area (Å²) in [5.74, 6) is 0.524. The number of piperazine rings is 1. The third-order valence-corrected chi connectivity index (χ3v) is 5.95. The molecule has 1 aromatic carbocycles. The first-order valence-electron chi connectivity index (χ1n) is 7.39. The monoisotopic (exact) mass is 330 g/mol. The Hall–Kier alpha value is -0.620. The summed E-state index contributed by atoms with van der Waals surface area (Å²) in [6, 6.07) is 7.47. The minimum absolute atomic E-state index is 0.0728. The van der Waals surface area contributed by atoms with Crippen molar-refractivity contribution in [2.45, 2.75) is 25.0 Å². The number of halogens is 1. The molecule has 1 saturated heterocycles. The van der Waals surface area contributed by atoms with Gasteiger partial charge in [0.2, 0.25) is 10.0 Å². The average Bonchev–Trinajstić information content (AvgIpc) is 2.48. The number of alkyl halides is 1. The summed E-state index contributed by atoms with van der Waals surface area (Å²) in [7, 11) is -3.22. The van der Waals surface area contributed by atoms with Crippen LogP contribution in [0.1, 0.15) is 24.5 Å². The Balaban J connectivity index is 1.95. The average molecular weight is 331 g/mol. The normalized spacial score (nSPS) is 18.0. The molecule has 118 valence electrons. The number of nitrogens with zero attached hydrogens (tertiary/aromatic N) is 2. The van der Waals surface area contributed by atoms with E-state index < -0.39 is 10.0 Å². The van der Waals surface area contributed by atoms with E-state index in [0.29, 0.717) is 19.0 Å². The first-order valence-corrected chi connectivity index (χ1v) is 9.53.